The van der Waals surface area contributed by atoms with Gasteiger partial charge in [0.05, 0.1) is 30.4 Å². The lowest BCUT2D eigenvalue weighted by atomic mass is 10.0. The minimum Gasteiger partial charge on any atom is -0.378 e. The number of nitro benzene ring substituents is 1. The van der Waals surface area contributed by atoms with Crippen molar-refractivity contribution in [3.8, 4) is 0 Å². The summed E-state index contributed by atoms with van der Waals surface area (Å²) < 4.78 is 5.45. The molecule has 0 saturated carbocycles. The molecule has 10 nitrogen and oxygen atoms in total. The summed E-state index contributed by atoms with van der Waals surface area (Å²) in [4.78, 5) is 39.7. The van der Waals surface area contributed by atoms with Crippen molar-refractivity contribution in [1.82, 2.24) is 14.9 Å². The molecule has 3 heterocycles. The maximum atomic E-state index is 13.2. The molecule has 2 aliphatic rings. The lowest BCUT2D eigenvalue weighted by Gasteiger charge is -2.33. The van der Waals surface area contributed by atoms with Crippen molar-refractivity contribution in [2.45, 2.75) is 26.8 Å². The van der Waals surface area contributed by atoms with Gasteiger partial charge in [0, 0.05) is 62.4 Å². The average Bonchev–Trinajstić information content (AvgIpc) is 2.82. The summed E-state index contributed by atoms with van der Waals surface area (Å²) in [6.07, 6.45) is 0.611. The van der Waals surface area contributed by atoms with E-state index in [0.29, 0.717) is 49.8 Å². The van der Waals surface area contributed by atoms with Crippen LogP contribution in [0.25, 0.3) is 0 Å². The molecule has 0 spiro atoms. The Morgan fingerprint density at radius 3 is 2.69 bits per heavy atom. The Labute approximate surface area is 187 Å². The number of fused-ring (bicyclic) bond motifs is 1. The van der Waals surface area contributed by atoms with Gasteiger partial charge < -0.3 is 19.4 Å². The zero-order valence-electron chi connectivity index (χ0n) is 18.7. The van der Waals surface area contributed by atoms with Crippen LogP contribution in [0, 0.1) is 17.0 Å². The molecule has 1 fully saturated rings. The number of aryl methyl sites for hydroxylation is 1. The lowest BCUT2D eigenvalue weighted by molar-refractivity contribution is -0.385. The second-order valence-corrected chi connectivity index (χ2v) is 8.12. The fourth-order valence-corrected chi connectivity index (χ4v) is 4.05. The van der Waals surface area contributed by atoms with Crippen molar-refractivity contribution in [2.75, 3.05) is 56.2 Å². The third kappa shape index (κ3) is 4.22. The number of amides is 1. The first-order valence-electron chi connectivity index (χ1n) is 10.9. The number of carbonyl (C=O) groups is 1. The number of anilines is 2. The van der Waals surface area contributed by atoms with Crippen molar-refractivity contribution in [3.05, 3.63) is 50.7 Å². The molecule has 4 rings (SSSR count). The molecule has 0 aliphatic carbocycles. The SMILES string of the molecule is CCN(C)c1nc(N2CCOCC2)nc2c1CN(C(=O)c1ccc(C)c([N+](=O)[O-])c1)CC2. The van der Waals surface area contributed by atoms with Gasteiger partial charge in [0.2, 0.25) is 5.95 Å². The minimum absolute atomic E-state index is 0.0434. The molecule has 0 unspecified atom stereocenters. The highest BCUT2D eigenvalue weighted by Gasteiger charge is 2.29. The van der Waals surface area contributed by atoms with Crippen molar-refractivity contribution in [2.24, 2.45) is 0 Å². The second kappa shape index (κ2) is 9.07. The van der Waals surface area contributed by atoms with E-state index in [1.54, 1.807) is 24.0 Å². The van der Waals surface area contributed by atoms with E-state index in [0.717, 1.165) is 36.7 Å². The Kier molecular flexibility index (Phi) is 6.22. The Bertz CT molecular complexity index is 1040. The highest BCUT2D eigenvalue weighted by molar-refractivity contribution is 5.95. The summed E-state index contributed by atoms with van der Waals surface area (Å²) in [6, 6.07) is 4.64. The second-order valence-electron chi connectivity index (χ2n) is 8.12. The van der Waals surface area contributed by atoms with Crippen LogP contribution < -0.4 is 9.80 Å². The molecule has 2 aliphatic heterocycles. The van der Waals surface area contributed by atoms with Gasteiger partial charge in [-0.3, -0.25) is 14.9 Å². The number of morpholine rings is 1. The van der Waals surface area contributed by atoms with Crippen molar-refractivity contribution in [3.63, 3.8) is 0 Å². The number of carbonyl (C=O) groups excluding carboxylic acids is 1. The Balaban J connectivity index is 1.64. The molecule has 1 amide bonds. The monoisotopic (exact) mass is 440 g/mol. The number of benzene rings is 1. The van der Waals surface area contributed by atoms with Gasteiger partial charge in [0.15, 0.2) is 0 Å². The molecular weight excluding hydrogens is 412 g/mol. The van der Waals surface area contributed by atoms with Gasteiger partial charge in [-0.25, -0.2) is 4.98 Å². The summed E-state index contributed by atoms with van der Waals surface area (Å²) in [5.74, 6) is 1.31. The molecule has 32 heavy (non-hydrogen) atoms. The third-order valence-corrected chi connectivity index (χ3v) is 6.10. The predicted molar refractivity (Wildman–Crippen MR) is 120 cm³/mol. The first-order valence-corrected chi connectivity index (χ1v) is 10.9. The fourth-order valence-electron chi connectivity index (χ4n) is 4.05. The van der Waals surface area contributed by atoms with E-state index in [1.165, 1.54) is 6.07 Å². The van der Waals surface area contributed by atoms with Gasteiger partial charge in [-0.2, -0.15) is 4.98 Å². The van der Waals surface area contributed by atoms with E-state index in [4.69, 9.17) is 14.7 Å². The van der Waals surface area contributed by atoms with Crippen LogP contribution >= 0.6 is 0 Å². The van der Waals surface area contributed by atoms with Crippen molar-refractivity contribution < 1.29 is 14.5 Å². The van der Waals surface area contributed by atoms with Crippen LogP contribution in [0.3, 0.4) is 0 Å². The Hall–Kier alpha value is -3.27. The van der Waals surface area contributed by atoms with Gasteiger partial charge in [-0.05, 0) is 19.9 Å². The van der Waals surface area contributed by atoms with Gasteiger partial charge >= 0.3 is 0 Å². The van der Waals surface area contributed by atoms with Crippen LogP contribution in [0.5, 0.6) is 0 Å². The highest BCUT2D eigenvalue weighted by Crippen LogP contribution is 2.30. The van der Waals surface area contributed by atoms with E-state index in [-0.39, 0.29) is 11.6 Å². The normalized spacial score (nSPS) is 16.0. The fraction of sp³-hybridized carbons (Fsp3) is 0.500. The number of nitro groups is 1. The molecular formula is C22H28N6O4. The summed E-state index contributed by atoms with van der Waals surface area (Å²) in [7, 11) is 1.98. The number of aromatic nitrogens is 2. The number of rotatable bonds is 5. The zero-order chi connectivity index (χ0) is 22.8. The summed E-state index contributed by atoms with van der Waals surface area (Å²) in [5, 5.41) is 11.3. The van der Waals surface area contributed by atoms with Crippen molar-refractivity contribution in [1.29, 1.82) is 0 Å². The highest BCUT2D eigenvalue weighted by atomic mass is 16.6. The number of hydrogen-bond acceptors (Lipinski definition) is 8. The summed E-state index contributed by atoms with van der Waals surface area (Å²) in [5.41, 5.74) is 2.70. The standard InChI is InChI=1S/C22H28N6O4/c1-4-25(3)20-17-14-27(21(29)16-6-5-15(2)19(13-16)28(30)31)8-7-18(17)23-22(24-20)26-9-11-32-12-10-26/h5-6,13H,4,7-12,14H2,1-3H3. The van der Waals surface area contributed by atoms with Gasteiger partial charge in [-0.15, -0.1) is 0 Å². The van der Waals surface area contributed by atoms with Crippen LogP contribution in [0.1, 0.15) is 34.1 Å². The molecule has 0 bridgehead atoms. The molecule has 0 atom stereocenters. The van der Waals surface area contributed by atoms with Crippen LogP contribution in [0.15, 0.2) is 18.2 Å². The predicted octanol–water partition coefficient (Wildman–Crippen LogP) is 2.18. The maximum absolute atomic E-state index is 13.2. The van der Waals surface area contributed by atoms with Gasteiger partial charge in [-0.1, -0.05) is 6.07 Å². The third-order valence-electron chi connectivity index (χ3n) is 6.10. The van der Waals surface area contributed by atoms with Crippen LogP contribution in [0.4, 0.5) is 17.5 Å². The Morgan fingerprint density at radius 2 is 2.00 bits per heavy atom. The first kappa shape index (κ1) is 21.9. The van der Waals surface area contributed by atoms with E-state index in [2.05, 4.69) is 16.7 Å². The molecule has 10 heteroatoms. The molecule has 2 aromatic rings. The van der Waals surface area contributed by atoms with Crippen LogP contribution in [-0.2, 0) is 17.7 Å². The summed E-state index contributed by atoms with van der Waals surface area (Å²) in [6.45, 7) is 8.19. The first-order chi connectivity index (χ1) is 15.4. The number of hydrogen-bond donors (Lipinski definition) is 0. The topological polar surface area (TPSA) is 105 Å². The molecule has 0 radical (unpaired) electrons. The smallest absolute Gasteiger partial charge is 0.273 e. The molecule has 1 saturated heterocycles. The van der Waals surface area contributed by atoms with Crippen LogP contribution in [-0.4, -0.2) is 72.1 Å². The zero-order valence-corrected chi connectivity index (χ0v) is 18.7. The van der Waals surface area contributed by atoms with Crippen molar-refractivity contribution >= 4 is 23.4 Å². The van der Waals surface area contributed by atoms with Crippen LogP contribution in [0.2, 0.25) is 0 Å². The van der Waals surface area contributed by atoms with E-state index in [1.807, 2.05) is 7.05 Å². The molecule has 0 N–H and O–H groups in total. The maximum Gasteiger partial charge on any atom is 0.273 e. The van der Waals surface area contributed by atoms with E-state index < -0.39 is 4.92 Å². The molecule has 1 aromatic carbocycles. The average molecular weight is 441 g/mol. The number of ether oxygens (including phenoxy) is 1. The largest absolute Gasteiger partial charge is 0.378 e. The number of nitrogens with zero attached hydrogens (tertiary/aromatic N) is 6. The van der Waals surface area contributed by atoms with E-state index >= 15 is 0 Å². The quantitative estimate of drug-likeness (QED) is 0.515. The van der Waals surface area contributed by atoms with E-state index in [9.17, 15) is 14.9 Å². The molecule has 1 aromatic heterocycles. The van der Waals surface area contributed by atoms with Gasteiger partial charge in [0.25, 0.3) is 11.6 Å². The summed E-state index contributed by atoms with van der Waals surface area (Å²) >= 11 is 0. The molecule has 170 valence electrons. The Morgan fingerprint density at radius 1 is 1.25 bits per heavy atom. The lowest BCUT2D eigenvalue weighted by Crippen LogP contribution is -2.40. The minimum atomic E-state index is -0.451. The van der Waals surface area contributed by atoms with Gasteiger partial charge in [0.1, 0.15) is 5.82 Å².